The number of aromatic amines is 1. The lowest BCUT2D eigenvalue weighted by Gasteiger charge is -2.28. The van der Waals surface area contributed by atoms with E-state index in [1.165, 1.54) is 41.4 Å². The Morgan fingerprint density at radius 2 is 2.04 bits per heavy atom. The van der Waals surface area contributed by atoms with Gasteiger partial charge in [0.05, 0.1) is 5.52 Å². The summed E-state index contributed by atoms with van der Waals surface area (Å²) in [4.78, 5) is 8.72. The Bertz CT molecular complexity index is 682. The van der Waals surface area contributed by atoms with Crippen molar-refractivity contribution >= 4 is 10.9 Å². The van der Waals surface area contributed by atoms with Gasteiger partial charge >= 0.3 is 0 Å². The van der Waals surface area contributed by atoms with Gasteiger partial charge in [0.15, 0.2) is 0 Å². The molecule has 0 bridgehead atoms. The number of nitrogens with one attached hydrogen (secondary N) is 2. The van der Waals surface area contributed by atoms with E-state index in [9.17, 15) is 0 Å². The molecule has 1 aliphatic carbocycles. The highest BCUT2D eigenvalue weighted by Gasteiger charge is 2.24. The monoisotopic (exact) mass is 312 g/mol. The van der Waals surface area contributed by atoms with Crippen LogP contribution in [0.3, 0.4) is 0 Å². The molecule has 0 spiro atoms. The number of benzene rings is 1. The van der Waals surface area contributed by atoms with Crippen LogP contribution < -0.4 is 5.32 Å². The topological polar surface area (TPSA) is 34.3 Å². The Morgan fingerprint density at radius 1 is 1.22 bits per heavy atom. The van der Waals surface area contributed by atoms with Crippen LogP contribution in [0.4, 0.5) is 0 Å². The van der Waals surface area contributed by atoms with E-state index in [0.29, 0.717) is 6.04 Å². The van der Waals surface area contributed by atoms with Crippen molar-refractivity contribution in [2.45, 2.75) is 31.8 Å². The molecule has 1 fully saturated rings. The van der Waals surface area contributed by atoms with Crippen LogP contribution >= 0.6 is 0 Å². The number of likely N-dealkylation sites (N-methyl/N-ethyl adjacent to an activating group) is 1. The Labute approximate surface area is 138 Å². The summed E-state index contributed by atoms with van der Waals surface area (Å²) >= 11 is 0. The minimum absolute atomic E-state index is 0.679. The molecule has 2 aliphatic rings. The van der Waals surface area contributed by atoms with Gasteiger partial charge in [-0.2, -0.15) is 0 Å². The second-order valence-corrected chi connectivity index (χ2v) is 7.31. The third-order valence-corrected chi connectivity index (χ3v) is 5.62. The highest BCUT2D eigenvalue weighted by Crippen LogP contribution is 2.32. The SMILES string of the molecule is CN(C)C1CCc2[nH]c3c(CN4CCNCC4)cccc3c2C1. The molecule has 4 nitrogen and oxygen atoms in total. The molecule has 1 atom stereocenters. The van der Waals surface area contributed by atoms with Crippen LogP contribution in [0.5, 0.6) is 0 Å². The van der Waals surface area contributed by atoms with Crippen molar-refractivity contribution in [1.29, 1.82) is 0 Å². The number of nitrogens with zero attached hydrogens (tertiary/aromatic N) is 2. The third kappa shape index (κ3) is 2.91. The van der Waals surface area contributed by atoms with Crippen molar-refractivity contribution in [3.05, 3.63) is 35.0 Å². The molecule has 4 heteroatoms. The Kier molecular flexibility index (Phi) is 4.14. The quantitative estimate of drug-likeness (QED) is 0.910. The number of H-pyrrole nitrogens is 1. The molecule has 23 heavy (non-hydrogen) atoms. The van der Waals surface area contributed by atoms with E-state index in [0.717, 1.165) is 32.7 Å². The molecule has 1 unspecified atom stereocenters. The van der Waals surface area contributed by atoms with E-state index in [1.54, 1.807) is 5.56 Å². The van der Waals surface area contributed by atoms with E-state index in [-0.39, 0.29) is 0 Å². The van der Waals surface area contributed by atoms with Gasteiger partial charge in [-0.1, -0.05) is 18.2 Å². The highest BCUT2D eigenvalue weighted by molar-refractivity contribution is 5.87. The molecule has 0 amide bonds. The zero-order chi connectivity index (χ0) is 15.8. The summed E-state index contributed by atoms with van der Waals surface area (Å²) in [7, 11) is 4.42. The second-order valence-electron chi connectivity index (χ2n) is 7.31. The van der Waals surface area contributed by atoms with Crippen molar-refractivity contribution in [2.75, 3.05) is 40.3 Å². The van der Waals surface area contributed by atoms with Gasteiger partial charge in [0.25, 0.3) is 0 Å². The average Bonchev–Trinajstić information content (AvgIpc) is 2.95. The van der Waals surface area contributed by atoms with Gasteiger partial charge in [-0.15, -0.1) is 0 Å². The average molecular weight is 312 g/mol. The molecular formula is C19H28N4. The first kappa shape index (κ1) is 15.2. The fourth-order valence-corrected chi connectivity index (χ4v) is 4.17. The molecule has 4 rings (SSSR count). The summed E-state index contributed by atoms with van der Waals surface area (Å²) < 4.78 is 0. The summed E-state index contributed by atoms with van der Waals surface area (Å²) in [6.07, 6.45) is 3.62. The molecule has 2 aromatic rings. The molecule has 2 heterocycles. The van der Waals surface area contributed by atoms with Crippen LogP contribution in [0.15, 0.2) is 18.2 Å². The first-order valence-corrected chi connectivity index (χ1v) is 8.93. The standard InChI is InChI=1S/C19H28N4/c1-22(2)15-6-7-18-17(12-15)16-5-3-4-14(19(16)21-18)13-23-10-8-20-9-11-23/h3-5,15,20-21H,6-13H2,1-2H3. The normalized spacial score (nSPS) is 22.7. The van der Waals surface area contributed by atoms with Gasteiger partial charge in [-0.05, 0) is 44.5 Å². The fourth-order valence-electron chi connectivity index (χ4n) is 4.17. The maximum atomic E-state index is 3.77. The van der Waals surface area contributed by atoms with Crippen LogP contribution in [-0.2, 0) is 19.4 Å². The van der Waals surface area contributed by atoms with Crippen LogP contribution in [-0.4, -0.2) is 61.1 Å². The molecule has 0 saturated carbocycles. The summed E-state index contributed by atoms with van der Waals surface area (Å²) in [5.74, 6) is 0. The lowest BCUT2D eigenvalue weighted by molar-refractivity contribution is 0.234. The number of aromatic nitrogens is 1. The lowest BCUT2D eigenvalue weighted by Crippen LogP contribution is -2.42. The zero-order valence-electron chi connectivity index (χ0n) is 14.4. The molecular weight excluding hydrogens is 284 g/mol. The van der Waals surface area contributed by atoms with Gasteiger partial charge in [0.1, 0.15) is 0 Å². The number of hydrogen-bond acceptors (Lipinski definition) is 3. The van der Waals surface area contributed by atoms with E-state index in [1.807, 2.05) is 0 Å². The smallest absolute Gasteiger partial charge is 0.0504 e. The number of fused-ring (bicyclic) bond motifs is 3. The van der Waals surface area contributed by atoms with Crippen molar-refractivity contribution in [3.8, 4) is 0 Å². The van der Waals surface area contributed by atoms with Crippen molar-refractivity contribution in [3.63, 3.8) is 0 Å². The molecule has 0 radical (unpaired) electrons. The number of rotatable bonds is 3. The van der Waals surface area contributed by atoms with Crippen LogP contribution in [0.25, 0.3) is 10.9 Å². The second kappa shape index (κ2) is 6.27. The zero-order valence-corrected chi connectivity index (χ0v) is 14.4. The number of para-hydroxylation sites is 1. The van der Waals surface area contributed by atoms with E-state index < -0.39 is 0 Å². The number of aryl methyl sites for hydroxylation is 1. The van der Waals surface area contributed by atoms with Gasteiger partial charge in [-0.3, -0.25) is 4.90 Å². The largest absolute Gasteiger partial charge is 0.358 e. The van der Waals surface area contributed by atoms with E-state index >= 15 is 0 Å². The maximum Gasteiger partial charge on any atom is 0.0504 e. The molecule has 2 N–H and O–H groups in total. The predicted octanol–water partition coefficient (Wildman–Crippen LogP) is 1.99. The van der Waals surface area contributed by atoms with E-state index in [4.69, 9.17) is 0 Å². The summed E-state index contributed by atoms with van der Waals surface area (Å²) in [5.41, 5.74) is 5.88. The first-order valence-electron chi connectivity index (χ1n) is 8.93. The highest BCUT2D eigenvalue weighted by atomic mass is 15.2. The lowest BCUT2D eigenvalue weighted by atomic mass is 9.90. The van der Waals surface area contributed by atoms with Gasteiger partial charge in [0, 0.05) is 49.8 Å². The number of hydrogen-bond donors (Lipinski definition) is 2. The minimum Gasteiger partial charge on any atom is -0.358 e. The third-order valence-electron chi connectivity index (χ3n) is 5.62. The van der Waals surface area contributed by atoms with Crippen LogP contribution in [0.2, 0.25) is 0 Å². The fraction of sp³-hybridized carbons (Fsp3) is 0.579. The van der Waals surface area contributed by atoms with Crippen LogP contribution in [0, 0.1) is 0 Å². The number of piperazine rings is 1. The molecule has 1 aromatic carbocycles. The Hall–Kier alpha value is -1.36. The van der Waals surface area contributed by atoms with Crippen molar-refractivity contribution in [2.24, 2.45) is 0 Å². The molecule has 124 valence electrons. The van der Waals surface area contributed by atoms with Crippen molar-refractivity contribution < 1.29 is 0 Å². The Balaban J connectivity index is 1.66. The molecule has 1 saturated heterocycles. The summed E-state index contributed by atoms with van der Waals surface area (Å²) in [6, 6.07) is 7.53. The van der Waals surface area contributed by atoms with E-state index in [2.05, 4.69) is 52.4 Å². The molecule has 1 aromatic heterocycles. The van der Waals surface area contributed by atoms with Gasteiger partial charge in [-0.25, -0.2) is 0 Å². The molecule has 1 aliphatic heterocycles. The minimum atomic E-state index is 0.679. The summed E-state index contributed by atoms with van der Waals surface area (Å²) in [5, 5.41) is 4.90. The summed E-state index contributed by atoms with van der Waals surface area (Å²) in [6.45, 7) is 5.60. The van der Waals surface area contributed by atoms with Crippen LogP contribution in [0.1, 0.15) is 23.2 Å². The van der Waals surface area contributed by atoms with Gasteiger partial charge in [0.2, 0.25) is 0 Å². The predicted molar refractivity (Wildman–Crippen MR) is 95.9 cm³/mol. The van der Waals surface area contributed by atoms with Gasteiger partial charge < -0.3 is 15.2 Å². The van der Waals surface area contributed by atoms with Crippen molar-refractivity contribution in [1.82, 2.24) is 20.1 Å². The first-order chi connectivity index (χ1) is 11.2. The Morgan fingerprint density at radius 3 is 2.83 bits per heavy atom. The maximum absolute atomic E-state index is 3.77.